The van der Waals surface area contributed by atoms with Crippen LogP contribution in [0.4, 0.5) is 13.2 Å². The highest BCUT2D eigenvalue weighted by atomic mass is 19.4. The van der Waals surface area contributed by atoms with Gasteiger partial charge in [0.2, 0.25) is 0 Å². The molecule has 0 aromatic heterocycles. The highest BCUT2D eigenvalue weighted by molar-refractivity contribution is 5.92. The molecule has 1 N–H and O–H groups in total. The molecule has 3 nitrogen and oxygen atoms in total. The molecule has 0 fully saturated rings. The number of alkyl halides is 3. The maximum atomic E-state index is 13.4. The first-order valence-corrected chi connectivity index (χ1v) is 7.08. The Kier molecular flexibility index (Phi) is 4.54. The number of esters is 1. The van der Waals surface area contributed by atoms with E-state index in [1.54, 1.807) is 26.8 Å². The van der Waals surface area contributed by atoms with Gasteiger partial charge in [0.15, 0.2) is 0 Å². The summed E-state index contributed by atoms with van der Waals surface area (Å²) in [6.07, 6.45) is -4.50. The van der Waals surface area contributed by atoms with Crippen molar-refractivity contribution in [3.8, 4) is 0 Å². The lowest BCUT2D eigenvalue weighted by atomic mass is 9.79. The second-order valence-electron chi connectivity index (χ2n) is 5.48. The molecule has 1 aliphatic heterocycles. The molecule has 0 saturated heterocycles. The fourth-order valence-corrected chi connectivity index (χ4v) is 2.87. The molecule has 0 radical (unpaired) electrons. The lowest BCUT2D eigenvalue weighted by molar-refractivity contribution is -0.139. The third-order valence-electron chi connectivity index (χ3n) is 4.07. The molecule has 1 aromatic carbocycles. The van der Waals surface area contributed by atoms with E-state index in [2.05, 4.69) is 5.32 Å². The number of rotatable bonds is 2. The normalized spacial score (nSPS) is 18.8. The van der Waals surface area contributed by atoms with Crippen molar-refractivity contribution >= 4 is 5.97 Å². The van der Waals surface area contributed by atoms with Gasteiger partial charge in [-0.15, -0.1) is 0 Å². The van der Waals surface area contributed by atoms with E-state index in [1.807, 2.05) is 0 Å². The molecule has 0 spiro atoms. The summed E-state index contributed by atoms with van der Waals surface area (Å²) < 4.78 is 44.9. The molecule has 0 saturated carbocycles. The summed E-state index contributed by atoms with van der Waals surface area (Å²) in [6.45, 7) is 5.15. The highest BCUT2D eigenvalue weighted by Crippen LogP contribution is 2.43. The Morgan fingerprint density at radius 2 is 1.74 bits per heavy atom. The SMILES string of the molecule is COC(=O)C1=C(C)NC(C)=C(C)C1c1ccccc1C(F)(F)F. The van der Waals surface area contributed by atoms with Crippen LogP contribution in [0.2, 0.25) is 0 Å². The standard InChI is InChI=1S/C17H18F3NO2/c1-9-10(2)21-11(3)15(16(22)23-4)14(9)12-7-5-6-8-13(12)17(18,19)20/h5-8,14,21H,1-4H3. The highest BCUT2D eigenvalue weighted by Gasteiger charge is 2.39. The van der Waals surface area contributed by atoms with E-state index in [9.17, 15) is 18.0 Å². The monoisotopic (exact) mass is 325 g/mol. The lowest BCUT2D eigenvalue weighted by Gasteiger charge is -2.31. The van der Waals surface area contributed by atoms with Crippen molar-refractivity contribution in [2.45, 2.75) is 32.9 Å². The van der Waals surface area contributed by atoms with Crippen LogP contribution in [0.3, 0.4) is 0 Å². The zero-order chi connectivity index (χ0) is 17.4. The van der Waals surface area contributed by atoms with Crippen LogP contribution < -0.4 is 5.32 Å². The van der Waals surface area contributed by atoms with Gasteiger partial charge >= 0.3 is 12.1 Å². The van der Waals surface area contributed by atoms with Gasteiger partial charge in [-0.2, -0.15) is 13.2 Å². The number of benzene rings is 1. The minimum atomic E-state index is -4.50. The van der Waals surface area contributed by atoms with Crippen molar-refractivity contribution < 1.29 is 22.7 Å². The number of carbonyl (C=O) groups is 1. The van der Waals surface area contributed by atoms with Crippen LogP contribution >= 0.6 is 0 Å². The molecular formula is C17H18F3NO2. The lowest BCUT2D eigenvalue weighted by Crippen LogP contribution is -2.29. The zero-order valence-electron chi connectivity index (χ0n) is 13.3. The molecule has 0 aliphatic carbocycles. The van der Waals surface area contributed by atoms with E-state index in [0.717, 1.165) is 11.8 Å². The van der Waals surface area contributed by atoms with E-state index >= 15 is 0 Å². The summed E-state index contributed by atoms with van der Waals surface area (Å²) in [6, 6.07) is 5.32. The van der Waals surface area contributed by atoms with Crippen LogP contribution in [0.5, 0.6) is 0 Å². The third-order valence-corrected chi connectivity index (χ3v) is 4.07. The van der Waals surface area contributed by atoms with E-state index in [4.69, 9.17) is 4.74 Å². The topological polar surface area (TPSA) is 38.3 Å². The van der Waals surface area contributed by atoms with Crippen molar-refractivity contribution in [3.63, 3.8) is 0 Å². The van der Waals surface area contributed by atoms with Crippen LogP contribution in [-0.4, -0.2) is 13.1 Å². The largest absolute Gasteiger partial charge is 0.466 e. The van der Waals surface area contributed by atoms with Crippen molar-refractivity contribution in [2.75, 3.05) is 7.11 Å². The number of hydrogen-bond donors (Lipinski definition) is 1. The van der Waals surface area contributed by atoms with Gasteiger partial charge in [-0.3, -0.25) is 0 Å². The number of ether oxygens (including phenoxy) is 1. The molecule has 2 rings (SSSR count). The Labute approximate surface area is 132 Å². The molecule has 6 heteroatoms. The molecule has 0 bridgehead atoms. The van der Waals surface area contributed by atoms with Gasteiger partial charge in [-0.05, 0) is 38.0 Å². The predicted octanol–water partition coefficient (Wildman–Crippen LogP) is 4.13. The van der Waals surface area contributed by atoms with E-state index in [0.29, 0.717) is 11.3 Å². The number of nitrogens with one attached hydrogen (secondary N) is 1. The molecule has 124 valence electrons. The first-order valence-electron chi connectivity index (χ1n) is 7.08. The first kappa shape index (κ1) is 17.1. The Morgan fingerprint density at radius 1 is 1.13 bits per heavy atom. The number of dihydropyridines is 1. The van der Waals surface area contributed by atoms with Gasteiger partial charge in [0, 0.05) is 17.3 Å². The van der Waals surface area contributed by atoms with Gasteiger partial charge < -0.3 is 10.1 Å². The van der Waals surface area contributed by atoms with Gasteiger partial charge in [-0.1, -0.05) is 18.2 Å². The molecule has 1 atom stereocenters. The molecule has 0 amide bonds. The summed E-state index contributed by atoms with van der Waals surface area (Å²) >= 11 is 0. The summed E-state index contributed by atoms with van der Waals surface area (Å²) in [4.78, 5) is 12.2. The number of carbonyl (C=O) groups excluding carboxylic acids is 1. The van der Waals surface area contributed by atoms with E-state index in [-0.39, 0.29) is 11.1 Å². The van der Waals surface area contributed by atoms with Crippen molar-refractivity contribution in [3.05, 3.63) is 57.9 Å². The smallest absolute Gasteiger partial charge is 0.416 e. The zero-order valence-corrected chi connectivity index (χ0v) is 13.3. The Bertz CT molecular complexity index is 702. The fourth-order valence-electron chi connectivity index (χ4n) is 2.87. The van der Waals surface area contributed by atoms with Crippen LogP contribution in [0.1, 0.15) is 37.8 Å². The van der Waals surface area contributed by atoms with Crippen LogP contribution in [0.15, 0.2) is 46.8 Å². The molecule has 1 aromatic rings. The second kappa shape index (κ2) is 6.10. The molecule has 1 unspecified atom stereocenters. The van der Waals surface area contributed by atoms with Gasteiger partial charge in [0.1, 0.15) is 0 Å². The Balaban J connectivity index is 2.72. The summed E-state index contributed by atoms with van der Waals surface area (Å²) in [7, 11) is 1.22. The average molecular weight is 325 g/mol. The maximum absolute atomic E-state index is 13.4. The maximum Gasteiger partial charge on any atom is 0.416 e. The fraction of sp³-hybridized carbons (Fsp3) is 0.353. The van der Waals surface area contributed by atoms with Crippen molar-refractivity contribution in [2.24, 2.45) is 0 Å². The first-order chi connectivity index (χ1) is 10.7. The minimum absolute atomic E-state index is 0.0538. The Morgan fingerprint density at radius 3 is 2.30 bits per heavy atom. The Hall–Kier alpha value is -2.24. The van der Waals surface area contributed by atoms with Crippen LogP contribution in [-0.2, 0) is 15.7 Å². The quantitative estimate of drug-likeness (QED) is 0.831. The van der Waals surface area contributed by atoms with Gasteiger partial charge in [-0.25, -0.2) is 4.79 Å². The number of halogens is 3. The van der Waals surface area contributed by atoms with Gasteiger partial charge in [0.05, 0.1) is 18.2 Å². The predicted molar refractivity (Wildman–Crippen MR) is 80.4 cm³/mol. The summed E-state index contributed by atoms with van der Waals surface area (Å²) in [5.41, 5.74) is 1.41. The van der Waals surface area contributed by atoms with E-state index < -0.39 is 23.6 Å². The second-order valence-corrected chi connectivity index (χ2v) is 5.48. The van der Waals surface area contributed by atoms with E-state index in [1.165, 1.54) is 19.2 Å². The van der Waals surface area contributed by atoms with Crippen molar-refractivity contribution in [1.82, 2.24) is 5.32 Å². The van der Waals surface area contributed by atoms with Crippen molar-refractivity contribution in [1.29, 1.82) is 0 Å². The van der Waals surface area contributed by atoms with Gasteiger partial charge in [0.25, 0.3) is 0 Å². The third kappa shape index (κ3) is 3.11. The minimum Gasteiger partial charge on any atom is -0.466 e. The molecule has 1 heterocycles. The van der Waals surface area contributed by atoms with Crippen LogP contribution in [0.25, 0.3) is 0 Å². The molecular weight excluding hydrogens is 307 g/mol. The summed E-state index contributed by atoms with van der Waals surface area (Å²) in [5, 5.41) is 3.03. The summed E-state index contributed by atoms with van der Waals surface area (Å²) in [5.74, 6) is -1.43. The molecule has 1 aliphatic rings. The molecule has 23 heavy (non-hydrogen) atoms. The number of hydrogen-bond acceptors (Lipinski definition) is 3. The average Bonchev–Trinajstić information content (AvgIpc) is 2.49. The van der Waals surface area contributed by atoms with Crippen LogP contribution in [0, 0.1) is 0 Å². The number of methoxy groups -OCH3 is 1. The number of allylic oxidation sites excluding steroid dienone is 3.